The fraction of sp³-hybridized carbons (Fsp3) is 0.150. The first-order valence-corrected chi connectivity index (χ1v) is 11.7. The van der Waals surface area contributed by atoms with E-state index in [4.69, 9.17) is 0 Å². The molecular formula is C20H18BrN3O2S2. The summed E-state index contributed by atoms with van der Waals surface area (Å²) in [6.45, 7) is 4.27. The zero-order valence-corrected chi connectivity index (χ0v) is 18.5. The number of sulfonamides is 1. The number of aryl methyl sites for hydroxylation is 1. The van der Waals surface area contributed by atoms with Crippen molar-refractivity contribution in [2.24, 2.45) is 0 Å². The molecule has 0 amide bonds. The van der Waals surface area contributed by atoms with Gasteiger partial charge in [-0.3, -0.25) is 9.40 Å². The number of benzene rings is 2. The zero-order chi connectivity index (χ0) is 19.9. The van der Waals surface area contributed by atoms with Crippen molar-refractivity contribution in [2.75, 3.05) is 4.72 Å². The van der Waals surface area contributed by atoms with Gasteiger partial charge in [-0.15, -0.1) is 11.3 Å². The Morgan fingerprint density at radius 3 is 2.57 bits per heavy atom. The van der Waals surface area contributed by atoms with Crippen molar-refractivity contribution in [3.05, 3.63) is 75.3 Å². The van der Waals surface area contributed by atoms with E-state index in [1.807, 2.05) is 36.7 Å². The van der Waals surface area contributed by atoms with E-state index in [0.717, 1.165) is 15.0 Å². The van der Waals surface area contributed by atoms with Gasteiger partial charge in [0.1, 0.15) is 4.21 Å². The molecule has 2 heterocycles. The highest BCUT2D eigenvalue weighted by molar-refractivity contribution is 9.11. The molecule has 0 atom stereocenters. The largest absolute Gasteiger partial charge is 0.275 e. The van der Waals surface area contributed by atoms with Crippen LogP contribution in [0.2, 0.25) is 0 Å². The van der Waals surface area contributed by atoms with Crippen molar-refractivity contribution in [2.45, 2.75) is 24.6 Å². The van der Waals surface area contributed by atoms with E-state index in [-0.39, 0.29) is 4.21 Å². The van der Waals surface area contributed by atoms with Crippen LogP contribution in [0.25, 0.3) is 10.8 Å². The first-order valence-electron chi connectivity index (χ1n) is 8.64. The topological polar surface area (TPSA) is 64.0 Å². The summed E-state index contributed by atoms with van der Waals surface area (Å²) in [7, 11) is -3.65. The smallest absolute Gasteiger partial charge is 0.271 e. The predicted molar refractivity (Wildman–Crippen MR) is 118 cm³/mol. The summed E-state index contributed by atoms with van der Waals surface area (Å²) >= 11 is 4.49. The van der Waals surface area contributed by atoms with Crippen molar-refractivity contribution in [3.63, 3.8) is 0 Å². The second-order valence-corrected chi connectivity index (χ2v) is 10.9. The molecule has 0 spiro atoms. The van der Waals surface area contributed by atoms with Crippen LogP contribution in [0.1, 0.15) is 17.0 Å². The van der Waals surface area contributed by atoms with Crippen LogP contribution < -0.4 is 4.72 Å². The van der Waals surface area contributed by atoms with Crippen LogP contribution in [0.4, 0.5) is 5.69 Å². The minimum absolute atomic E-state index is 0.264. The minimum Gasteiger partial charge on any atom is -0.275 e. The minimum atomic E-state index is -3.65. The van der Waals surface area contributed by atoms with E-state index in [0.29, 0.717) is 17.9 Å². The Hall–Kier alpha value is -2.16. The number of nitrogens with one attached hydrogen (secondary N) is 1. The van der Waals surface area contributed by atoms with Crippen LogP contribution in [0.5, 0.6) is 0 Å². The lowest BCUT2D eigenvalue weighted by Crippen LogP contribution is -2.13. The Kier molecular flexibility index (Phi) is 5.03. The molecule has 0 saturated carbocycles. The van der Waals surface area contributed by atoms with Gasteiger partial charge in [-0.1, -0.05) is 42.5 Å². The molecule has 0 radical (unpaired) electrons. The van der Waals surface area contributed by atoms with Gasteiger partial charge in [0.25, 0.3) is 10.0 Å². The molecule has 0 aliphatic carbocycles. The highest BCUT2D eigenvalue weighted by atomic mass is 79.9. The molecule has 2 aromatic heterocycles. The van der Waals surface area contributed by atoms with Crippen LogP contribution in [-0.2, 0) is 16.6 Å². The second-order valence-electron chi connectivity index (χ2n) is 6.51. The Morgan fingerprint density at radius 2 is 1.82 bits per heavy atom. The maximum Gasteiger partial charge on any atom is 0.271 e. The standard InChI is InChI=1S/C20H18BrN3O2S2/c1-13-20(23-28(25,26)19-11-10-18(21)27-19)14(2)24(22-13)12-16-8-5-7-15-6-3-4-9-17(15)16/h3-11,23H,12H2,1-2H3. The van der Waals surface area contributed by atoms with Gasteiger partial charge in [-0.2, -0.15) is 5.10 Å². The number of fused-ring (bicyclic) bond motifs is 1. The van der Waals surface area contributed by atoms with Crippen LogP contribution in [0, 0.1) is 13.8 Å². The fourth-order valence-corrected chi connectivity index (χ4v) is 6.40. The number of rotatable bonds is 5. The molecule has 8 heteroatoms. The summed E-state index contributed by atoms with van der Waals surface area (Å²) in [6, 6.07) is 17.7. The lowest BCUT2D eigenvalue weighted by atomic mass is 10.0. The Bertz CT molecular complexity index is 1270. The zero-order valence-electron chi connectivity index (χ0n) is 15.3. The molecule has 4 rings (SSSR count). The van der Waals surface area contributed by atoms with Crippen LogP contribution in [0.15, 0.2) is 62.6 Å². The molecule has 0 saturated heterocycles. The lowest BCUT2D eigenvalue weighted by molar-refractivity contribution is 0.603. The third-order valence-corrected chi connectivity index (χ3v) is 8.10. The first kappa shape index (κ1) is 19.2. The Morgan fingerprint density at radius 1 is 1.07 bits per heavy atom. The molecule has 2 aromatic carbocycles. The van der Waals surface area contributed by atoms with Crippen molar-refractivity contribution < 1.29 is 8.42 Å². The van der Waals surface area contributed by atoms with Gasteiger partial charge >= 0.3 is 0 Å². The van der Waals surface area contributed by atoms with Crippen molar-refractivity contribution in [3.8, 4) is 0 Å². The van der Waals surface area contributed by atoms with E-state index < -0.39 is 10.0 Å². The van der Waals surface area contributed by atoms with Crippen molar-refractivity contribution >= 4 is 53.7 Å². The van der Waals surface area contributed by atoms with Crippen LogP contribution in [-0.4, -0.2) is 18.2 Å². The van der Waals surface area contributed by atoms with Gasteiger partial charge in [-0.05, 0) is 58.2 Å². The average molecular weight is 476 g/mol. The van der Waals surface area contributed by atoms with Gasteiger partial charge < -0.3 is 0 Å². The van der Waals surface area contributed by atoms with E-state index in [9.17, 15) is 8.42 Å². The molecule has 144 valence electrons. The lowest BCUT2D eigenvalue weighted by Gasteiger charge is -2.10. The molecular weight excluding hydrogens is 458 g/mol. The summed E-state index contributed by atoms with van der Waals surface area (Å²) in [5.41, 5.74) is 3.10. The molecule has 0 aliphatic rings. The quantitative estimate of drug-likeness (QED) is 0.424. The van der Waals surface area contributed by atoms with Crippen molar-refractivity contribution in [1.82, 2.24) is 9.78 Å². The predicted octanol–water partition coefficient (Wildman–Crippen LogP) is 5.33. The number of aromatic nitrogens is 2. The van der Waals surface area contributed by atoms with Gasteiger partial charge in [-0.25, -0.2) is 8.42 Å². The fourth-order valence-electron chi connectivity index (χ4n) is 3.22. The molecule has 0 bridgehead atoms. The van der Waals surface area contributed by atoms with Gasteiger partial charge in [0.15, 0.2) is 0 Å². The van der Waals surface area contributed by atoms with E-state index >= 15 is 0 Å². The summed E-state index contributed by atoms with van der Waals surface area (Å²) in [5, 5.41) is 6.92. The summed E-state index contributed by atoms with van der Waals surface area (Å²) < 4.78 is 31.0. The molecule has 0 aliphatic heterocycles. The van der Waals surface area contributed by atoms with Gasteiger partial charge in [0, 0.05) is 0 Å². The second kappa shape index (κ2) is 7.35. The molecule has 28 heavy (non-hydrogen) atoms. The van der Waals surface area contributed by atoms with E-state index in [2.05, 4.69) is 50.0 Å². The average Bonchev–Trinajstić information content (AvgIpc) is 3.22. The third-order valence-electron chi connectivity index (χ3n) is 4.63. The summed E-state index contributed by atoms with van der Waals surface area (Å²) in [4.78, 5) is 0. The van der Waals surface area contributed by atoms with E-state index in [1.165, 1.54) is 22.1 Å². The number of halogens is 1. The van der Waals surface area contributed by atoms with Gasteiger partial charge in [0.2, 0.25) is 0 Å². The number of nitrogens with zero attached hydrogens (tertiary/aromatic N) is 2. The maximum absolute atomic E-state index is 12.7. The molecule has 4 aromatic rings. The van der Waals surface area contributed by atoms with E-state index in [1.54, 1.807) is 12.1 Å². The molecule has 5 nitrogen and oxygen atoms in total. The molecule has 0 unspecified atom stereocenters. The molecule has 0 fully saturated rings. The normalized spacial score (nSPS) is 11.8. The molecule has 1 N–H and O–H groups in total. The van der Waals surface area contributed by atoms with Crippen LogP contribution >= 0.6 is 27.3 Å². The number of hydrogen-bond donors (Lipinski definition) is 1. The van der Waals surface area contributed by atoms with Gasteiger partial charge in [0.05, 0.1) is 27.4 Å². The number of anilines is 1. The summed E-state index contributed by atoms with van der Waals surface area (Å²) in [5.74, 6) is 0. The number of hydrogen-bond acceptors (Lipinski definition) is 4. The monoisotopic (exact) mass is 475 g/mol. The maximum atomic E-state index is 12.7. The first-order chi connectivity index (χ1) is 13.3. The highest BCUT2D eigenvalue weighted by Gasteiger charge is 2.21. The third kappa shape index (κ3) is 3.59. The Balaban J connectivity index is 1.68. The van der Waals surface area contributed by atoms with Crippen molar-refractivity contribution in [1.29, 1.82) is 0 Å². The SMILES string of the molecule is Cc1nn(Cc2cccc3ccccc23)c(C)c1NS(=O)(=O)c1ccc(Br)s1. The Labute approximate surface area is 176 Å². The number of thiophene rings is 1. The highest BCUT2D eigenvalue weighted by Crippen LogP contribution is 2.30. The van der Waals surface area contributed by atoms with Crippen LogP contribution in [0.3, 0.4) is 0 Å². The summed E-state index contributed by atoms with van der Waals surface area (Å²) in [6.07, 6.45) is 0.